The van der Waals surface area contributed by atoms with Gasteiger partial charge >= 0.3 is 0 Å². The van der Waals surface area contributed by atoms with Crippen LogP contribution < -0.4 is 0 Å². The van der Waals surface area contributed by atoms with E-state index in [0.29, 0.717) is 5.76 Å². The lowest BCUT2D eigenvalue weighted by Crippen LogP contribution is -2.34. The highest BCUT2D eigenvalue weighted by atomic mass is 16.4. The summed E-state index contributed by atoms with van der Waals surface area (Å²) in [5.41, 5.74) is 0. The van der Waals surface area contributed by atoms with Crippen molar-refractivity contribution in [1.29, 1.82) is 0 Å². The Bertz CT molecular complexity index is 338. The van der Waals surface area contributed by atoms with Crippen LogP contribution in [0.25, 0.3) is 0 Å². The second kappa shape index (κ2) is 5.69. The van der Waals surface area contributed by atoms with E-state index >= 15 is 0 Å². The first-order valence-electron chi connectivity index (χ1n) is 6.60. The number of rotatable bonds is 4. The molecule has 1 aliphatic heterocycles. The number of aliphatic hydroxyl groups excluding tert-OH is 1. The minimum absolute atomic E-state index is 0.00454. The number of piperidine rings is 1. The average Bonchev–Trinajstić information content (AvgIpc) is 2.77. The standard InChI is InChI=1S/C14H23NO2/c1-11(2)12-5-7-15(8-6-12)9-13-3-4-14(10-16)17-13/h3-4,11-12,16H,5-10H2,1-2H3. The van der Waals surface area contributed by atoms with E-state index < -0.39 is 0 Å². The van der Waals surface area contributed by atoms with Gasteiger partial charge in [-0.15, -0.1) is 0 Å². The molecule has 3 nitrogen and oxygen atoms in total. The predicted molar refractivity (Wildman–Crippen MR) is 67.5 cm³/mol. The third kappa shape index (κ3) is 3.33. The molecular formula is C14H23NO2. The van der Waals surface area contributed by atoms with E-state index in [9.17, 15) is 0 Å². The second-order valence-corrected chi connectivity index (χ2v) is 5.38. The molecule has 0 bridgehead atoms. The summed E-state index contributed by atoms with van der Waals surface area (Å²) < 4.78 is 5.52. The third-order valence-electron chi connectivity index (χ3n) is 3.83. The van der Waals surface area contributed by atoms with E-state index in [0.717, 1.165) is 37.2 Å². The van der Waals surface area contributed by atoms with Crippen molar-refractivity contribution in [3.8, 4) is 0 Å². The summed E-state index contributed by atoms with van der Waals surface area (Å²) in [4.78, 5) is 2.44. The molecule has 1 aromatic heterocycles. The Hall–Kier alpha value is -0.800. The van der Waals surface area contributed by atoms with Gasteiger partial charge in [-0.1, -0.05) is 13.8 Å². The molecule has 1 aliphatic rings. The Morgan fingerprint density at radius 2 is 1.94 bits per heavy atom. The van der Waals surface area contributed by atoms with Gasteiger partial charge in [-0.2, -0.15) is 0 Å². The van der Waals surface area contributed by atoms with E-state index in [1.54, 1.807) is 0 Å². The molecule has 96 valence electrons. The number of nitrogens with zero attached hydrogens (tertiary/aromatic N) is 1. The first kappa shape index (κ1) is 12.7. The molecular weight excluding hydrogens is 214 g/mol. The van der Waals surface area contributed by atoms with Gasteiger partial charge in [-0.25, -0.2) is 0 Å². The lowest BCUT2D eigenvalue weighted by molar-refractivity contribution is 0.141. The molecule has 2 rings (SSSR count). The topological polar surface area (TPSA) is 36.6 Å². The summed E-state index contributed by atoms with van der Waals surface area (Å²) in [6, 6.07) is 3.83. The molecule has 0 atom stereocenters. The van der Waals surface area contributed by atoms with Gasteiger partial charge in [-0.05, 0) is 49.9 Å². The first-order chi connectivity index (χ1) is 8.19. The van der Waals surface area contributed by atoms with Gasteiger partial charge in [0.25, 0.3) is 0 Å². The Morgan fingerprint density at radius 1 is 1.29 bits per heavy atom. The SMILES string of the molecule is CC(C)C1CCN(Cc2ccc(CO)o2)CC1. The lowest BCUT2D eigenvalue weighted by atomic mass is 9.87. The van der Waals surface area contributed by atoms with Gasteiger partial charge in [0, 0.05) is 0 Å². The maximum absolute atomic E-state index is 8.95. The van der Waals surface area contributed by atoms with Gasteiger partial charge in [0.2, 0.25) is 0 Å². The fourth-order valence-corrected chi connectivity index (χ4v) is 2.59. The summed E-state index contributed by atoms with van der Waals surface area (Å²) >= 11 is 0. The maximum Gasteiger partial charge on any atom is 0.129 e. The van der Waals surface area contributed by atoms with E-state index in [1.165, 1.54) is 12.8 Å². The van der Waals surface area contributed by atoms with Crippen molar-refractivity contribution < 1.29 is 9.52 Å². The zero-order valence-corrected chi connectivity index (χ0v) is 10.9. The quantitative estimate of drug-likeness (QED) is 0.874. The van der Waals surface area contributed by atoms with Gasteiger partial charge < -0.3 is 9.52 Å². The number of hydrogen-bond donors (Lipinski definition) is 1. The van der Waals surface area contributed by atoms with Crippen LogP contribution in [0.5, 0.6) is 0 Å². The van der Waals surface area contributed by atoms with Crippen molar-refractivity contribution in [2.24, 2.45) is 11.8 Å². The monoisotopic (exact) mass is 237 g/mol. The lowest BCUT2D eigenvalue weighted by Gasteiger charge is -2.33. The van der Waals surface area contributed by atoms with Crippen LogP contribution in [0.3, 0.4) is 0 Å². The highest BCUT2D eigenvalue weighted by molar-refractivity contribution is 5.06. The van der Waals surface area contributed by atoms with E-state index in [2.05, 4.69) is 18.7 Å². The number of furan rings is 1. The Kier molecular flexibility index (Phi) is 4.24. The van der Waals surface area contributed by atoms with Gasteiger partial charge in [0.1, 0.15) is 18.1 Å². The van der Waals surface area contributed by atoms with Crippen LogP contribution in [0.1, 0.15) is 38.2 Å². The smallest absolute Gasteiger partial charge is 0.129 e. The van der Waals surface area contributed by atoms with Crippen LogP contribution in [0, 0.1) is 11.8 Å². The molecule has 1 N–H and O–H groups in total. The number of likely N-dealkylation sites (tertiary alicyclic amines) is 1. The Balaban J connectivity index is 1.81. The van der Waals surface area contributed by atoms with Gasteiger partial charge in [0.05, 0.1) is 6.54 Å². The van der Waals surface area contributed by atoms with Crippen LogP contribution in [-0.2, 0) is 13.2 Å². The molecule has 0 aromatic carbocycles. The molecule has 1 saturated heterocycles. The van der Waals surface area contributed by atoms with Crippen LogP contribution in [-0.4, -0.2) is 23.1 Å². The molecule has 1 fully saturated rings. The molecule has 0 radical (unpaired) electrons. The molecule has 1 aromatic rings. The first-order valence-corrected chi connectivity index (χ1v) is 6.60. The minimum Gasteiger partial charge on any atom is -0.462 e. The highest BCUT2D eigenvalue weighted by Crippen LogP contribution is 2.25. The summed E-state index contributed by atoms with van der Waals surface area (Å²) in [5, 5.41) is 8.95. The van der Waals surface area contributed by atoms with Crippen LogP contribution in [0.15, 0.2) is 16.5 Å². The average molecular weight is 237 g/mol. The third-order valence-corrected chi connectivity index (χ3v) is 3.83. The second-order valence-electron chi connectivity index (χ2n) is 5.38. The Labute approximate surface area is 103 Å². The largest absolute Gasteiger partial charge is 0.462 e. The summed E-state index contributed by atoms with van der Waals surface area (Å²) in [7, 11) is 0. The van der Waals surface area contributed by atoms with Crippen molar-refractivity contribution in [3.63, 3.8) is 0 Å². The molecule has 0 amide bonds. The van der Waals surface area contributed by atoms with E-state index in [1.807, 2.05) is 12.1 Å². The molecule has 0 saturated carbocycles. The molecule has 0 aliphatic carbocycles. The minimum atomic E-state index is -0.00454. The van der Waals surface area contributed by atoms with Crippen molar-refractivity contribution in [3.05, 3.63) is 23.7 Å². The summed E-state index contributed by atoms with van der Waals surface area (Å²) in [6.45, 7) is 7.84. The number of hydrogen-bond acceptors (Lipinski definition) is 3. The van der Waals surface area contributed by atoms with Crippen LogP contribution in [0.2, 0.25) is 0 Å². The highest BCUT2D eigenvalue weighted by Gasteiger charge is 2.21. The van der Waals surface area contributed by atoms with Gasteiger partial charge in [0.15, 0.2) is 0 Å². The van der Waals surface area contributed by atoms with Crippen molar-refractivity contribution >= 4 is 0 Å². The Morgan fingerprint density at radius 3 is 2.47 bits per heavy atom. The van der Waals surface area contributed by atoms with E-state index in [-0.39, 0.29) is 6.61 Å². The van der Waals surface area contributed by atoms with Crippen LogP contribution >= 0.6 is 0 Å². The number of aliphatic hydroxyl groups is 1. The van der Waals surface area contributed by atoms with Gasteiger partial charge in [-0.3, -0.25) is 4.90 Å². The summed E-state index contributed by atoms with van der Waals surface area (Å²) in [6.07, 6.45) is 2.59. The van der Waals surface area contributed by atoms with E-state index in [4.69, 9.17) is 9.52 Å². The molecule has 0 unspecified atom stereocenters. The molecule has 2 heterocycles. The van der Waals surface area contributed by atoms with Crippen molar-refractivity contribution in [2.45, 2.75) is 39.8 Å². The normalized spacial score (nSPS) is 19.1. The zero-order valence-electron chi connectivity index (χ0n) is 10.9. The molecule has 17 heavy (non-hydrogen) atoms. The fraction of sp³-hybridized carbons (Fsp3) is 0.714. The maximum atomic E-state index is 8.95. The molecule has 3 heteroatoms. The van der Waals surface area contributed by atoms with Crippen molar-refractivity contribution in [2.75, 3.05) is 13.1 Å². The molecule has 0 spiro atoms. The zero-order chi connectivity index (χ0) is 12.3. The van der Waals surface area contributed by atoms with Crippen molar-refractivity contribution in [1.82, 2.24) is 4.90 Å². The predicted octanol–water partition coefficient (Wildman–Crippen LogP) is 2.64. The summed E-state index contributed by atoms with van der Waals surface area (Å²) in [5.74, 6) is 3.33. The fourth-order valence-electron chi connectivity index (χ4n) is 2.59. The van der Waals surface area contributed by atoms with Crippen LogP contribution in [0.4, 0.5) is 0 Å².